The average molecular weight is 438 g/mol. The lowest BCUT2D eigenvalue weighted by Crippen LogP contribution is -2.32. The number of carbonyl (C=O) groups excluding carboxylic acids is 2. The molecule has 2 aromatic carbocycles. The van der Waals surface area contributed by atoms with Crippen molar-refractivity contribution in [3.8, 4) is 5.75 Å². The molecule has 1 atom stereocenters. The molecule has 7 nitrogen and oxygen atoms in total. The van der Waals surface area contributed by atoms with Crippen molar-refractivity contribution in [1.29, 1.82) is 0 Å². The van der Waals surface area contributed by atoms with E-state index in [0.29, 0.717) is 17.9 Å². The van der Waals surface area contributed by atoms with E-state index in [9.17, 15) is 14.7 Å². The summed E-state index contributed by atoms with van der Waals surface area (Å²) in [6, 6.07) is 13.9. The fourth-order valence-electron chi connectivity index (χ4n) is 3.87. The zero-order valence-electron chi connectivity index (χ0n) is 19.3. The van der Waals surface area contributed by atoms with Gasteiger partial charge in [-0.1, -0.05) is 12.1 Å². The maximum absolute atomic E-state index is 13.1. The Bertz CT molecular complexity index is 995. The molecular weight excluding hydrogens is 406 g/mol. The van der Waals surface area contributed by atoms with Gasteiger partial charge in [0.05, 0.1) is 18.7 Å². The Morgan fingerprint density at radius 2 is 1.62 bits per heavy atom. The quantitative estimate of drug-likeness (QED) is 0.389. The number of rotatable bonds is 8. The van der Waals surface area contributed by atoms with E-state index in [4.69, 9.17) is 4.74 Å². The molecule has 0 aromatic heterocycles. The molecule has 0 bridgehead atoms. The first-order chi connectivity index (χ1) is 15.2. The van der Waals surface area contributed by atoms with Gasteiger partial charge in [0.15, 0.2) is 0 Å². The minimum absolute atomic E-state index is 0.114. The molecule has 1 aliphatic rings. The van der Waals surface area contributed by atoms with E-state index < -0.39 is 17.7 Å². The molecule has 2 aromatic rings. The number of ether oxygens (including phenoxy) is 1. The summed E-state index contributed by atoms with van der Waals surface area (Å²) < 4.78 is 5.18. The Balaban J connectivity index is 2.07. The normalized spacial score (nSPS) is 17.8. The second-order valence-electron chi connectivity index (χ2n) is 8.36. The van der Waals surface area contributed by atoms with Crippen molar-refractivity contribution in [1.82, 2.24) is 9.80 Å². The Morgan fingerprint density at radius 1 is 1.00 bits per heavy atom. The highest BCUT2D eigenvalue weighted by Gasteiger charge is 2.45. The van der Waals surface area contributed by atoms with Crippen LogP contribution in [0.25, 0.3) is 5.76 Å². The number of carbonyl (C=O) groups is 2. The number of likely N-dealkylation sites (tertiary alicyclic amines) is 1. The molecule has 32 heavy (non-hydrogen) atoms. The molecule has 1 heterocycles. The number of Topliss-reactive ketones (excluding diaryl/α,β-unsaturated/α-hetero) is 1. The van der Waals surface area contributed by atoms with E-state index in [1.165, 1.54) is 0 Å². The van der Waals surface area contributed by atoms with Gasteiger partial charge in [0.25, 0.3) is 11.7 Å². The molecular formula is C25H31N3O4. The lowest BCUT2D eigenvalue weighted by molar-refractivity contribution is -0.139. The van der Waals surface area contributed by atoms with Crippen molar-refractivity contribution in [3.63, 3.8) is 0 Å². The van der Waals surface area contributed by atoms with Gasteiger partial charge in [0.1, 0.15) is 11.5 Å². The van der Waals surface area contributed by atoms with Gasteiger partial charge in [0, 0.05) is 31.9 Å². The summed E-state index contributed by atoms with van der Waals surface area (Å²) in [6.07, 6.45) is 0.717. The van der Waals surface area contributed by atoms with Crippen molar-refractivity contribution in [2.24, 2.45) is 0 Å². The van der Waals surface area contributed by atoms with Crippen LogP contribution in [-0.4, -0.2) is 75.0 Å². The Hall–Kier alpha value is -3.32. The van der Waals surface area contributed by atoms with E-state index in [1.807, 2.05) is 62.3 Å². The molecule has 0 saturated carbocycles. The van der Waals surface area contributed by atoms with Crippen LogP contribution >= 0.6 is 0 Å². The van der Waals surface area contributed by atoms with Gasteiger partial charge >= 0.3 is 0 Å². The van der Waals surface area contributed by atoms with Crippen LogP contribution in [0.5, 0.6) is 5.75 Å². The summed E-state index contributed by atoms with van der Waals surface area (Å²) in [4.78, 5) is 31.6. The predicted molar refractivity (Wildman–Crippen MR) is 126 cm³/mol. The molecule has 7 heteroatoms. The standard InChI is InChI=1S/C25H31N3O4/c1-26(2)15-6-16-28-22(17-7-11-19(12-8-17)27(3)4)21(24(30)25(28)31)23(29)18-9-13-20(32-5)14-10-18/h7-14,22,29H,6,15-16H2,1-5H3/t22-/m1/s1. The third-order valence-corrected chi connectivity index (χ3v) is 5.63. The van der Waals surface area contributed by atoms with Crippen molar-refractivity contribution >= 4 is 23.1 Å². The lowest BCUT2D eigenvalue weighted by Gasteiger charge is -2.26. The van der Waals surface area contributed by atoms with Gasteiger partial charge in [-0.2, -0.15) is 0 Å². The summed E-state index contributed by atoms with van der Waals surface area (Å²) in [5.41, 5.74) is 2.37. The molecule has 0 aliphatic carbocycles. The first kappa shape index (κ1) is 23.3. The minimum atomic E-state index is -0.662. The number of ketones is 1. The van der Waals surface area contributed by atoms with E-state index >= 15 is 0 Å². The zero-order chi connectivity index (χ0) is 23.4. The summed E-state index contributed by atoms with van der Waals surface area (Å²) in [5, 5.41) is 11.1. The van der Waals surface area contributed by atoms with E-state index in [1.54, 1.807) is 36.3 Å². The Morgan fingerprint density at radius 3 is 2.16 bits per heavy atom. The highest BCUT2D eigenvalue weighted by atomic mass is 16.5. The number of nitrogens with zero attached hydrogens (tertiary/aromatic N) is 3. The van der Waals surface area contributed by atoms with Gasteiger partial charge in [-0.25, -0.2) is 0 Å². The number of benzene rings is 2. The second kappa shape index (κ2) is 9.87. The first-order valence-corrected chi connectivity index (χ1v) is 10.6. The molecule has 0 spiro atoms. The maximum atomic E-state index is 13.1. The molecule has 1 aliphatic heterocycles. The van der Waals surface area contributed by atoms with E-state index in [0.717, 1.165) is 24.2 Å². The average Bonchev–Trinajstić information content (AvgIpc) is 3.03. The molecule has 170 valence electrons. The molecule has 0 radical (unpaired) electrons. The number of amides is 1. The highest BCUT2D eigenvalue weighted by molar-refractivity contribution is 6.46. The highest BCUT2D eigenvalue weighted by Crippen LogP contribution is 2.40. The molecule has 1 N–H and O–H groups in total. The Labute approximate surface area is 189 Å². The SMILES string of the molecule is COc1ccc(C(O)=C2C(=O)C(=O)N(CCCN(C)C)[C@@H]2c2ccc(N(C)C)cc2)cc1. The summed E-state index contributed by atoms with van der Waals surface area (Å²) >= 11 is 0. The first-order valence-electron chi connectivity index (χ1n) is 10.6. The topological polar surface area (TPSA) is 73.3 Å². The summed E-state index contributed by atoms with van der Waals surface area (Å²) in [6.45, 7) is 1.20. The van der Waals surface area contributed by atoms with Gasteiger partial charge in [-0.05, 0) is 69.0 Å². The van der Waals surface area contributed by atoms with Gasteiger partial charge < -0.3 is 24.5 Å². The number of hydrogen-bond acceptors (Lipinski definition) is 6. The molecule has 1 amide bonds. The molecule has 0 unspecified atom stereocenters. The van der Waals surface area contributed by atoms with Crippen LogP contribution in [0.15, 0.2) is 54.1 Å². The maximum Gasteiger partial charge on any atom is 0.295 e. The van der Waals surface area contributed by atoms with Crippen molar-refractivity contribution in [2.75, 3.05) is 53.3 Å². The van der Waals surface area contributed by atoms with Crippen LogP contribution in [0.1, 0.15) is 23.6 Å². The van der Waals surface area contributed by atoms with Crippen LogP contribution in [0.4, 0.5) is 5.69 Å². The minimum Gasteiger partial charge on any atom is -0.507 e. The molecule has 1 saturated heterocycles. The molecule has 3 rings (SSSR count). The second-order valence-corrected chi connectivity index (χ2v) is 8.36. The summed E-state index contributed by atoms with van der Waals surface area (Å²) in [5.74, 6) is -0.783. The smallest absolute Gasteiger partial charge is 0.295 e. The summed E-state index contributed by atoms with van der Waals surface area (Å²) in [7, 11) is 9.40. The fourth-order valence-corrected chi connectivity index (χ4v) is 3.87. The van der Waals surface area contributed by atoms with Crippen molar-refractivity contribution in [2.45, 2.75) is 12.5 Å². The number of anilines is 1. The Kier molecular flexibility index (Phi) is 7.20. The van der Waals surface area contributed by atoms with Gasteiger partial charge in [0.2, 0.25) is 0 Å². The lowest BCUT2D eigenvalue weighted by atomic mass is 9.95. The van der Waals surface area contributed by atoms with Crippen LogP contribution in [0.3, 0.4) is 0 Å². The van der Waals surface area contributed by atoms with Crippen LogP contribution in [0, 0.1) is 0 Å². The van der Waals surface area contributed by atoms with Crippen LogP contribution < -0.4 is 9.64 Å². The number of aliphatic hydroxyl groups excluding tert-OH is 1. The van der Waals surface area contributed by atoms with Gasteiger partial charge in [-0.3, -0.25) is 9.59 Å². The monoisotopic (exact) mass is 437 g/mol. The molecule has 1 fully saturated rings. The van der Waals surface area contributed by atoms with Crippen LogP contribution in [0.2, 0.25) is 0 Å². The number of methoxy groups -OCH3 is 1. The zero-order valence-corrected chi connectivity index (χ0v) is 19.3. The van der Waals surface area contributed by atoms with Crippen LogP contribution in [-0.2, 0) is 9.59 Å². The third kappa shape index (κ3) is 4.78. The van der Waals surface area contributed by atoms with E-state index in [2.05, 4.69) is 0 Å². The number of aliphatic hydroxyl groups is 1. The third-order valence-electron chi connectivity index (χ3n) is 5.63. The van der Waals surface area contributed by atoms with E-state index in [-0.39, 0.29) is 11.3 Å². The number of hydrogen-bond donors (Lipinski definition) is 1. The van der Waals surface area contributed by atoms with Gasteiger partial charge in [-0.15, -0.1) is 0 Å². The largest absolute Gasteiger partial charge is 0.507 e. The van der Waals surface area contributed by atoms with Crippen molar-refractivity contribution < 1.29 is 19.4 Å². The predicted octanol–water partition coefficient (Wildman–Crippen LogP) is 3.13. The van der Waals surface area contributed by atoms with Crippen molar-refractivity contribution in [3.05, 3.63) is 65.2 Å². The fraction of sp³-hybridized carbons (Fsp3) is 0.360.